The fourth-order valence-corrected chi connectivity index (χ4v) is 2.43. The lowest BCUT2D eigenvalue weighted by Gasteiger charge is -2.13. The predicted molar refractivity (Wildman–Crippen MR) is 81.9 cm³/mol. The van der Waals surface area contributed by atoms with Crippen molar-refractivity contribution in [3.05, 3.63) is 76.1 Å². The molecule has 0 aliphatic heterocycles. The van der Waals surface area contributed by atoms with Gasteiger partial charge in [-0.05, 0) is 57.4 Å². The van der Waals surface area contributed by atoms with Gasteiger partial charge in [-0.2, -0.15) is 0 Å². The first-order chi connectivity index (χ1) is 9.65. The van der Waals surface area contributed by atoms with Crippen molar-refractivity contribution in [3.8, 4) is 0 Å². The number of fused-ring (bicyclic) bond motifs is 1. The maximum atomic E-state index is 13.6. The highest BCUT2D eigenvalue weighted by Gasteiger charge is 2.11. The maximum absolute atomic E-state index is 13.6. The first-order valence-corrected chi connectivity index (χ1v) is 6.99. The minimum Gasteiger partial charge on any atom is -0.320 e. The Hall–Kier alpha value is -1.78. The molecule has 1 heterocycles. The van der Waals surface area contributed by atoms with Gasteiger partial charge in [-0.3, -0.25) is 4.98 Å². The summed E-state index contributed by atoms with van der Waals surface area (Å²) < 4.78 is 14.0. The SMILES string of the molecule is NC(c1ccc(Br)c(F)c1)c1ccc2ncccc2c1. The average Bonchev–Trinajstić information content (AvgIpc) is 2.49. The molecule has 0 saturated carbocycles. The molecule has 2 N–H and O–H groups in total. The molecule has 1 aromatic heterocycles. The Morgan fingerprint density at radius 1 is 1.05 bits per heavy atom. The molecule has 0 radical (unpaired) electrons. The van der Waals surface area contributed by atoms with Crippen molar-refractivity contribution >= 4 is 26.8 Å². The van der Waals surface area contributed by atoms with E-state index in [0.29, 0.717) is 4.47 Å². The lowest BCUT2D eigenvalue weighted by atomic mass is 9.98. The van der Waals surface area contributed by atoms with Gasteiger partial charge in [0.1, 0.15) is 5.82 Å². The fourth-order valence-electron chi connectivity index (χ4n) is 2.19. The Morgan fingerprint density at radius 3 is 2.60 bits per heavy atom. The van der Waals surface area contributed by atoms with Gasteiger partial charge in [0.2, 0.25) is 0 Å². The summed E-state index contributed by atoms with van der Waals surface area (Å²) in [6.07, 6.45) is 1.76. The minimum atomic E-state index is -0.359. The summed E-state index contributed by atoms with van der Waals surface area (Å²) in [5.74, 6) is -0.305. The zero-order chi connectivity index (χ0) is 14.1. The van der Waals surface area contributed by atoms with Crippen molar-refractivity contribution in [2.24, 2.45) is 5.73 Å². The zero-order valence-electron chi connectivity index (χ0n) is 10.6. The molecule has 0 spiro atoms. The number of rotatable bonds is 2. The summed E-state index contributed by atoms with van der Waals surface area (Å²) in [4.78, 5) is 4.27. The number of pyridine rings is 1. The van der Waals surface area contributed by atoms with Gasteiger partial charge in [0.05, 0.1) is 16.0 Å². The highest BCUT2D eigenvalue weighted by Crippen LogP contribution is 2.25. The summed E-state index contributed by atoms with van der Waals surface area (Å²) in [6, 6.07) is 14.3. The highest BCUT2D eigenvalue weighted by atomic mass is 79.9. The molecule has 2 nitrogen and oxygen atoms in total. The largest absolute Gasteiger partial charge is 0.320 e. The number of halogens is 2. The van der Waals surface area contributed by atoms with Crippen LogP contribution >= 0.6 is 15.9 Å². The van der Waals surface area contributed by atoms with E-state index in [1.54, 1.807) is 12.3 Å². The van der Waals surface area contributed by atoms with E-state index in [0.717, 1.165) is 22.0 Å². The molecule has 100 valence electrons. The van der Waals surface area contributed by atoms with Crippen molar-refractivity contribution in [2.75, 3.05) is 0 Å². The molecule has 0 fully saturated rings. The van der Waals surface area contributed by atoms with Crippen LogP contribution in [-0.2, 0) is 0 Å². The Bertz CT molecular complexity index is 773. The monoisotopic (exact) mass is 330 g/mol. The summed E-state index contributed by atoms with van der Waals surface area (Å²) in [6.45, 7) is 0. The van der Waals surface area contributed by atoms with E-state index in [1.165, 1.54) is 6.07 Å². The van der Waals surface area contributed by atoms with E-state index in [4.69, 9.17) is 5.73 Å². The van der Waals surface area contributed by atoms with E-state index < -0.39 is 0 Å². The molecule has 0 amide bonds. The zero-order valence-corrected chi connectivity index (χ0v) is 12.1. The van der Waals surface area contributed by atoms with Gasteiger partial charge in [-0.15, -0.1) is 0 Å². The minimum absolute atomic E-state index is 0.305. The molecule has 0 bridgehead atoms. The van der Waals surface area contributed by atoms with Crippen LogP contribution in [0, 0.1) is 5.82 Å². The van der Waals surface area contributed by atoms with Crippen LogP contribution in [-0.4, -0.2) is 4.98 Å². The molecular weight excluding hydrogens is 319 g/mol. The van der Waals surface area contributed by atoms with E-state index in [1.807, 2.05) is 36.4 Å². The standard InChI is InChI=1S/C16H12BrFN2/c17-13-5-3-12(9-14(13)18)16(19)11-4-6-15-10(8-11)2-1-7-20-15/h1-9,16H,19H2. The molecule has 4 heteroatoms. The summed E-state index contributed by atoms with van der Waals surface area (Å²) >= 11 is 3.14. The number of hydrogen-bond acceptors (Lipinski definition) is 2. The number of hydrogen-bond donors (Lipinski definition) is 1. The number of nitrogens with two attached hydrogens (primary N) is 1. The summed E-state index contributed by atoms with van der Waals surface area (Å²) in [5.41, 5.74) is 8.83. The van der Waals surface area contributed by atoms with Gasteiger partial charge in [0.15, 0.2) is 0 Å². The molecule has 0 aliphatic rings. The Morgan fingerprint density at radius 2 is 1.80 bits per heavy atom. The Balaban J connectivity index is 2.02. The van der Waals surface area contributed by atoms with Crippen LogP contribution in [0.5, 0.6) is 0 Å². The third-order valence-electron chi connectivity index (χ3n) is 3.29. The highest BCUT2D eigenvalue weighted by molar-refractivity contribution is 9.10. The normalized spacial score (nSPS) is 12.6. The fraction of sp³-hybridized carbons (Fsp3) is 0.0625. The Kier molecular flexibility index (Phi) is 3.51. The molecule has 0 saturated heterocycles. The molecule has 1 unspecified atom stereocenters. The van der Waals surface area contributed by atoms with E-state index in [-0.39, 0.29) is 11.9 Å². The van der Waals surface area contributed by atoms with Crippen LogP contribution in [0.15, 0.2) is 59.2 Å². The molecule has 0 aliphatic carbocycles. The van der Waals surface area contributed by atoms with Gasteiger partial charge < -0.3 is 5.73 Å². The van der Waals surface area contributed by atoms with E-state index in [2.05, 4.69) is 20.9 Å². The number of benzene rings is 2. The smallest absolute Gasteiger partial charge is 0.137 e. The molecule has 20 heavy (non-hydrogen) atoms. The van der Waals surface area contributed by atoms with Gasteiger partial charge >= 0.3 is 0 Å². The van der Waals surface area contributed by atoms with Crippen LogP contribution in [0.1, 0.15) is 17.2 Å². The van der Waals surface area contributed by atoms with Crippen molar-refractivity contribution in [1.82, 2.24) is 4.98 Å². The van der Waals surface area contributed by atoms with Crippen LogP contribution in [0.2, 0.25) is 0 Å². The lowest BCUT2D eigenvalue weighted by molar-refractivity contribution is 0.617. The van der Waals surface area contributed by atoms with E-state index >= 15 is 0 Å². The molecule has 1 atom stereocenters. The van der Waals surface area contributed by atoms with Gasteiger partial charge in [-0.1, -0.05) is 18.2 Å². The van der Waals surface area contributed by atoms with Crippen LogP contribution < -0.4 is 5.73 Å². The van der Waals surface area contributed by atoms with Gasteiger partial charge in [-0.25, -0.2) is 4.39 Å². The average molecular weight is 331 g/mol. The summed E-state index contributed by atoms with van der Waals surface area (Å²) in [7, 11) is 0. The van der Waals surface area contributed by atoms with Crippen LogP contribution in [0.4, 0.5) is 4.39 Å². The maximum Gasteiger partial charge on any atom is 0.137 e. The van der Waals surface area contributed by atoms with E-state index in [9.17, 15) is 4.39 Å². The summed E-state index contributed by atoms with van der Waals surface area (Å²) in [5, 5.41) is 1.03. The topological polar surface area (TPSA) is 38.9 Å². The first-order valence-electron chi connectivity index (χ1n) is 6.20. The van der Waals surface area contributed by atoms with Crippen LogP contribution in [0.25, 0.3) is 10.9 Å². The second-order valence-electron chi connectivity index (χ2n) is 4.61. The second kappa shape index (κ2) is 5.31. The van der Waals surface area contributed by atoms with Crippen molar-refractivity contribution < 1.29 is 4.39 Å². The predicted octanol–water partition coefficient (Wildman–Crippen LogP) is 4.18. The molecular formula is C16H12BrFN2. The third-order valence-corrected chi connectivity index (χ3v) is 3.93. The van der Waals surface area contributed by atoms with Crippen molar-refractivity contribution in [3.63, 3.8) is 0 Å². The Labute approximate surface area is 124 Å². The molecule has 3 rings (SSSR count). The second-order valence-corrected chi connectivity index (χ2v) is 5.46. The first kappa shape index (κ1) is 13.2. The van der Waals surface area contributed by atoms with Gasteiger partial charge in [0.25, 0.3) is 0 Å². The van der Waals surface area contributed by atoms with Gasteiger partial charge in [0, 0.05) is 11.6 Å². The van der Waals surface area contributed by atoms with Crippen molar-refractivity contribution in [1.29, 1.82) is 0 Å². The molecule has 2 aromatic carbocycles. The number of nitrogens with zero attached hydrogens (tertiary/aromatic N) is 1. The lowest BCUT2D eigenvalue weighted by Crippen LogP contribution is -2.12. The third kappa shape index (κ3) is 2.44. The van der Waals surface area contributed by atoms with Crippen molar-refractivity contribution in [2.45, 2.75) is 6.04 Å². The van der Waals surface area contributed by atoms with Crippen LogP contribution in [0.3, 0.4) is 0 Å². The number of aromatic nitrogens is 1. The molecule has 3 aromatic rings. The quantitative estimate of drug-likeness (QED) is 0.765.